The van der Waals surface area contributed by atoms with Gasteiger partial charge in [-0.3, -0.25) is 38.4 Å². The van der Waals surface area contributed by atoms with Crippen LogP contribution in [0.5, 0.6) is 23.0 Å². The highest BCUT2D eigenvalue weighted by Crippen LogP contribution is 2.45. The van der Waals surface area contributed by atoms with Gasteiger partial charge < -0.3 is 81.1 Å². The lowest BCUT2D eigenvalue weighted by atomic mass is 9.97. The molecule has 6 atom stereocenters. The van der Waals surface area contributed by atoms with E-state index >= 15 is 0 Å². The number of imidazole rings is 1. The van der Waals surface area contributed by atoms with Gasteiger partial charge in [-0.1, -0.05) is 212 Å². The number of ether oxygens (including phenoxy) is 4. The molecule has 13 aromatic carbocycles. The van der Waals surface area contributed by atoms with Crippen molar-refractivity contribution in [1.29, 1.82) is 0 Å². The van der Waals surface area contributed by atoms with Crippen molar-refractivity contribution in [3.05, 3.63) is 372 Å². The van der Waals surface area contributed by atoms with E-state index in [1.54, 1.807) is 31.8 Å². The molecule has 6 aliphatic rings. The number of carbonyl (C=O) groups excluding carboxylic acids is 8. The van der Waals surface area contributed by atoms with Crippen molar-refractivity contribution in [3.8, 4) is 68.0 Å². The SMILES string of the molecule is CC(=O)Nc1ccc(/C=C/c2cccc3c2N[C@H](C)CC(=O)N3)cc1.CC1CC(=O)Nc2cccc(C(=O)Cc3cccc(-n4ccnc4)c3)c2N1.COc1ccc(/C=C/c2cccc3c2O[C@H](C)CC(=O)N3)cc1.C[C@@H]1CC(=O)Cc2cccc(-c3ccccc3OCc3ccccc3)c2N1.C[C@@H]1CC(=O)Nc2cccc(-c3cnn(-c4ccccc4)c3)c2O1.Cc1c(-c2cccc3c2N[C@H](C)CC(=O)N3)oc2ccccc12. The van der Waals surface area contributed by atoms with Crippen molar-refractivity contribution in [3.63, 3.8) is 0 Å². The van der Waals surface area contributed by atoms with Gasteiger partial charge in [-0.05, 0) is 185 Å². The minimum absolute atomic E-state index is 0.00507. The Bertz CT molecular complexity index is 7610. The van der Waals surface area contributed by atoms with Gasteiger partial charge in [0.2, 0.25) is 35.4 Å². The van der Waals surface area contributed by atoms with Crippen molar-refractivity contribution in [2.24, 2.45) is 0 Å². The number of para-hydroxylation sites is 9. The maximum absolute atomic E-state index is 13.0. The van der Waals surface area contributed by atoms with Crippen LogP contribution < -0.4 is 72.1 Å². The molecule has 10 N–H and O–H groups in total. The molecule has 0 aliphatic carbocycles. The molecule has 3 aromatic heterocycles. The van der Waals surface area contributed by atoms with Gasteiger partial charge >= 0.3 is 0 Å². The first kappa shape index (κ1) is 102. The number of amides is 6. The summed E-state index contributed by atoms with van der Waals surface area (Å²) in [5.41, 5.74) is 24.7. The van der Waals surface area contributed by atoms with Crippen LogP contribution >= 0.6 is 0 Å². The Morgan fingerprint density at radius 1 is 0.463 bits per heavy atom. The second-order valence-corrected chi connectivity index (χ2v) is 37.5. The zero-order valence-corrected chi connectivity index (χ0v) is 84.3. The molecule has 6 amide bonds. The van der Waals surface area contributed by atoms with Gasteiger partial charge in [0.1, 0.15) is 53.2 Å². The summed E-state index contributed by atoms with van der Waals surface area (Å²) in [7, 11) is 1.65. The van der Waals surface area contributed by atoms with Gasteiger partial charge in [-0.25, -0.2) is 9.67 Å². The number of carbonyl (C=O) groups is 8. The Morgan fingerprint density at radius 2 is 0.973 bits per heavy atom. The van der Waals surface area contributed by atoms with E-state index in [0.29, 0.717) is 79.9 Å². The van der Waals surface area contributed by atoms with Gasteiger partial charge in [-0.2, -0.15) is 5.10 Å². The van der Waals surface area contributed by atoms with Crippen LogP contribution in [-0.2, 0) is 53.0 Å². The quantitative estimate of drug-likeness (QED) is 0.0299. The number of methoxy groups -OCH3 is 1. The second-order valence-electron chi connectivity index (χ2n) is 37.5. The molecule has 1 unspecified atom stereocenters. The first-order valence-electron chi connectivity index (χ1n) is 49.8. The molecule has 0 bridgehead atoms. The number of benzene rings is 13. The van der Waals surface area contributed by atoms with Gasteiger partial charge in [0.25, 0.3) is 0 Å². The number of rotatable bonds is 17. The van der Waals surface area contributed by atoms with Crippen LogP contribution in [0.3, 0.4) is 0 Å². The number of hydrogen-bond acceptors (Lipinski definition) is 19. The zero-order chi connectivity index (χ0) is 104. The number of nitrogens with one attached hydrogen (secondary N) is 10. The molecule has 0 saturated carbocycles. The fourth-order valence-electron chi connectivity index (χ4n) is 18.4. The average Bonchev–Trinajstić information content (AvgIpc) is 1.63. The monoisotopic (exact) mass is 1990 g/mol. The van der Waals surface area contributed by atoms with Crippen LogP contribution in [-0.4, -0.2) is 110 Å². The van der Waals surface area contributed by atoms with E-state index in [1.165, 1.54) is 6.92 Å². The molecule has 0 saturated heterocycles. The summed E-state index contributed by atoms with van der Waals surface area (Å²) in [6.07, 6.45) is 20.1. The number of aryl methyl sites for hydroxylation is 1. The number of Topliss-reactive ketones (excluding diaryl/α,β-unsaturated/α-hetero) is 2. The third-order valence-electron chi connectivity index (χ3n) is 25.4. The highest BCUT2D eigenvalue weighted by molar-refractivity contribution is 6.09. The molecule has 6 aliphatic heterocycles. The van der Waals surface area contributed by atoms with Gasteiger partial charge in [-0.15, -0.1) is 0 Å². The van der Waals surface area contributed by atoms with E-state index in [2.05, 4.69) is 107 Å². The molecule has 0 fully saturated rings. The van der Waals surface area contributed by atoms with Crippen LogP contribution in [0.2, 0.25) is 0 Å². The smallest absolute Gasteiger partial charge is 0.228 e. The van der Waals surface area contributed by atoms with Crippen LogP contribution in [0.15, 0.2) is 327 Å². The van der Waals surface area contributed by atoms with E-state index < -0.39 is 0 Å². The average molecular weight is 1990 g/mol. The number of hydrogen-bond donors (Lipinski definition) is 10. The first-order valence-corrected chi connectivity index (χ1v) is 49.8. The predicted octanol–water partition coefficient (Wildman–Crippen LogP) is 24.8. The standard InChI is InChI=1S/C24H23NO2.C21H20N4O2.C20H21N3O2.C19H17N3O2.C19H18N2O2.C19H19NO3/c1-17-14-20(26)15-19-10-7-12-22(24(19)25-17)21-11-5-6-13-23(21)27-16-18-8-3-2-4-9-18;1-14-10-20(27)24-18-7-3-6-17(21(18)23-14)19(26)12-15-4-2-5-16(11-15)25-9-8-22-13-25;1-13-12-19(25)23-18-5-3-4-16(20(18)21-13)9-6-15-7-10-17(11-8-15)22-14(2)24;1-13-10-18(23)21-17-9-5-8-16(19(17)24-13)14-11-20-22(12-14)15-6-3-2-4-7-15;1-11-10-17(22)21-15-8-5-7-14(18(15)20-11)19-12(2)13-6-3-4-9-16(13)23-19;1-13-12-18(21)20-17-5-3-4-15(19(17)23-13)9-6-14-7-10-16(22-2)11-8-14/h2-13,17,25H,14-16H2,1H3;2-9,11,13-14,23H,10,12H2,1H3,(H,24,27);3-11,13,21H,12H2,1-2H3,(H,22,24)(H,23,25);2-9,11-13H,10H2,1H3,(H,21,23);3-9,11,20H,10H2,1-2H3,(H,21,22);3-11,13H,12H2,1-2H3,(H,20,21)/b;;9-6+;;;9-6+/t17-;;2*13-;11-;13-/m1.1111/s1. The molecular formula is C122H118N14O13. The van der Waals surface area contributed by atoms with Crippen molar-refractivity contribution in [2.75, 3.05) is 60.3 Å². The zero-order valence-electron chi connectivity index (χ0n) is 84.3. The highest BCUT2D eigenvalue weighted by atomic mass is 16.5. The molecule has 27 nitrogen and oxygen atoms in total. The Kier molecular flexibility index (Phi) is 33.0. The van der Waals surface area contributed by atoms with Crippen LogP contribution in [0, 0.1) is 6.92 Å². The van der Waals surface area contributed by atoms with E-state index in [9.17, 15) is 38.4 Å². The lowest BCUT2D eigenvalue weighted by molar-refractivity contribution is -0.119. The van der Waals surface area contributed by atoms with Crippen molar-refractivity contribution >= 4 is 139 Å². The van der Waals surface area contributed by atoms with Crippen molar-refractivity contribution < 1.29 is 61.7 Å². The summed E-state index contributed by atoms with van der Waals surface area (Å²) in [4.78, 5) is 99.7. The first-order chi connectivity index (χ1) is 72.3. The number of nitrogens with zero attached hydrogens (tertiary/aromatic N) is 4. The minimum Gasteiger partial charge on any atom is -0.497 e. The van der Waals surface area contributed by atoms with E-state index in [4.69, 9.17) is 23.4 Å². The van der Waals surface area contributed by atoms with E-state index in [1.807, 2.05) is 335 Å². The van der Waals surface area contributed by atoms with Crippen LogP contribution in [0.1, 0.15) is 142 Å². The number of furan rings is 1. The number of aromatic nitrogens is 4. The number of anilines is 10. The largest absolute Gasteiger partial charge is 0.497 e. The summed E-state index contributed by atoms with van der Waals surface area (Å²) in [6, 6.07) is 94.5. The highest BCUT2D eigenvalue weighted by Gasteiger charge is 2.30. The summed E-state index contributed by atoms with van der Waals surface area (Å²) >= 11 is 0. The van der Waals surface area contributed by atoms with E-state index in [0.717, 1.165) is 157 Å². The molecule has 149 heavy (non-hydrogen) atoms. The normalized spacial score (nSPS) is 16.6. The number of ketones is 2. The lowest BCUT2D eigenvalue weighted by Crippen LogP contribution is -2.19. The Morgan fingerprint density at radius 3 is 1.64 bits per heavy atom. The van der Waals surface area contributed by atoms with Crippen LogP contribution in [0.25, 0.3) is 80.2 Å². The third kappa shape index (κ3) is 26.5. The molecule has 27 heteroatoms. The topological polar surface area (TPSA) is 343 Å². The minimum atomic E-state index is -0.170. The molecular weight excluding hydrogens is 1870 g/mol. The van der Waals surface area contributed by atoms with Crippen molar-refractivity contribution in [1.82, 2.24) is 19.3 Å². The van der Waals surface area contributed by atoms with Crippen molar-refractivity contribution in [2.45, 2.75) is 150 Å². The fourth-order valence-corrected chi connectivity index (χ4v) is 18.4. The van der Waals surface area contributed by atoms with Gasteiger partial charge in [0.05, 0.1) is 83.7 Å². The Balaban J connectivity index is 0.000000122. The molecule has 16 aromatic rings. The maximum Gasteiger partial charge on any atom is 0.228 e. The molecule has 0 radical (unpaired) electrons. The maximum atomic E-state index is 13.0. The predicted molar refractivity (Wildman–Crippen MR) is 593 cm³/mol. The second kappa shape index (κ2) is 48.0. The summed E-state index contributed by atoms with van der Waals surface area (Å²) in [6.45, 7) is 15.9. The lowest BCUT2D eigenvalue weighted by Gasteiger charge is -2.19. The molecule has 0 spiro atoms. The molecule has 22 rings (SSSR count). The molecule has 754 valence electrons. The molecule has 9 heterocycles. The van der Waals surface area contributed by atoms with E-state index in [-0.39, 0.29) is 89.8 Å². The Hall–Kier alpha value is -18.1. The summed E-state index contributed by atoms with van der Waals surface area (Å²) in [5.74, 6) is 4.09. The van der Waals surface area contributed by atoms with Gasteiger partial charge in [0.15, 0.2) is 11.5 Å². The summed E-state index contributed by atoms with van der Waals surface area (Å²) < 4.78 is 33.1. The van der Waals surface area contributed by atoms with Crippen LogP contribution in [0.4, 0.5) is 56.9 Å². The fraction of sp³-hybridized carbons (Fsp3) is 0.197. The van der Waals surface area contributed by atoms with Gasteiger partial charge in [0, 0.05) is 155 Å². The summed E-state index contributed by atoms with van der Waals surface area (Å²) in [5, 5.41) is 36.6. The third-order valence-corrected chi connectivity index (χ3v) is 25.4. The number of fused-ring (bicyclic) bond motifs is 7. The Labute approximate surface area is 865 Å².